The molecule has 0 fully saturated rings. The van der Waals surface area contributed by atoms with E-state index in [-0.39, 0.29) is 5.82 Å². The van der Waals surface area contributed by atoms with E-state index < -0.39 is 0 Å². The van der Waals surface area contributed by atoms with Gasteiger partial charge in [0, 0.05) is 13.6 Å². The van der Waals surface area contributed by atoms with Crippen LogP contribution in [0.25, 0.3) is 10.1 Å². The third-order valence-electron chi connectivity index (χ3n) is 1.84. The Morgan fingerprint density at radius 2 is 2.23 bits per heavy atom. The van der Waals surface area contributed by atoms with Crippen molar-refractivity contribution in [1.29, 1.82) is 0 Å². The lowest BCUT2D eigenvalue weighted by Gasteiger charge is -1.96. The van der Waals surface area contributed by atoms with Crippen molar-refractivity contribution in [2.75, 3.05) is 0 Å². The molecule has 0 saturated carbocycles. The van der Waals surface area contributed by atoms with Crippen molar-refractivity contribution in [3.8, 4) is 0 Å². The Balaban J connectivity index is 2.77. The smallest absolute Gasteiger partial charge is 0.137 e. The van der Waals surface area contributed by atoms with E-state index in [0.717, 1.165) is 15.4 Å². The number of hydrogen-bond donors (Lipinski definition) is 0. The molecule has 0 saturated heterocycles. The Morgan fingerprint density at radius 3 is 2.92 bits per heavy atom. The monoisotopic (exact) mass is 370 g/mol. The molecule has 1 aromatic heterocycles. The van der Waals surface area contributed by atoms with Crippen molar-refractivity contribution in [1.82, 2.24) is 0 Å². The molecular formula is C9H5BrFIS. The van der Waals surface area contributed by atoms with Gasteiger partial charge in [-0.3, -0.25) is 0 Å². The third kappa shape index (κ3) is 1.76. The Hall–Kier alpha value is 0.320. The second kappa shape index (κ2) is 3.82. The first-order valence-corrected chi connectivity index (χ1v) is 6.71. The topological polar surface area (TPSA) is 0 Å². The van der Waals surface area contributed by atoms with Gasteiger partial charge in [-0.05, 0) is 51.1 Å². The average molecular weight is 371 g/mol. The van der Waals surface area contributed by atoms with Gasteiger partial charge < -0.3 is 0 Å². The van der Waals surface area contributed by atoms with Gasteiger partial charge in [0.1, 0.15) is 5.82 Å². The molecular weight excluding hydrogens is 366 g/mol. The summed E-state index contributed by atoms with van der Waals surface area (Å²) in [6.45, 7) is 0. The van der Waals surface area contributed by atoms with E-state index in [1.165, 1.54) is 5.56 Å². The zero-order valence-corrected chi connectivity index (χ0v) is 11.0. The van der Waals surface area contributed by atoms with Crippen molar-refractivity contribution < 1.29 is 4.39 Å². The van der Waals surface area contributed by atoms with E-state index in [4.69, 9.17) is 0 Å². The zero-order valence-electron chi connectivity index (χ0n) is 6.48. The number of thiophene rings is 1. The van der Waals surface area contributed by atoms with Gasteiger partial charge in [0.2, 0.25) is 0 Å². The first-order chi connectivity index (χ1) is 6.22. The van der Waals surface area contributed by atoms with Gasteiger partial charge in [-0.15, -0.1) is 11.3 Å². The van der Waals surface area contributed by atoms with Crippen LogP contribution in [0.2, 0.25) is 0 Å². The summed E-state index contributed by atoms with van der Waals surface area (Å²) in [6, 6.07) is 3.51. The Morgan fingerprint density at radius 1 is 1.46 bits per heavy atom. The zero-order chi connectivity index (χ0) is 9.42. The predicted octanol–water partition coefficient (Wildman–Crippen LogP) is 4.54. The van der Waals surface area contributed by atoms with Crippen molar-refractivity contribution in [2.45, 2.75) is 5.33 Å². The molecule has 0 spiro atoms. The largest absolute Gasteiger partial charge is 0.206 e. The lowest BCUT2D eigenvalue weighted by Crippen LogP contribution is -1.81. The second-order valence-electron chi connectivity index (χ2n) is 2.66. The highest BCUT2D eigenvalue weighted by molar-refractivity contribution is 14.1. The maximum atomic E-state index is 13.1. The number of fused-ring (bicyclic) bond motifs is 1. The highest BCUT2D eigenvalue weighted by Crippen LogP contribution is 2.30. The Labute approximate surface area is 101 Å². The summed E-state index contributed by atoms with van der Waals surface area (Å²) in [6.07, 6.45) is 0. The van der Waals surface area contributed by atoms with Crippen LogP contribution in [-0.4, -0.2) is 0 Å². The van der Waals surface area contributed by atoms with E-state index in [1.54, 1.807) is 17.4 Å². The molecule has 1 aromatic carbocycles. The molecule has 0 N–H and O–H groups in total. The van der Waals surface area contributed by atoms with E-state index >= 15 is 0 Å². The summed E-state index contributed by atoms with van der Waals surface area (Å²) in [4.78, 5) is 0. The first kappa shape index (κ1) is 9.86. The van der Waals surface area contributed by atoms with Gasteiger partial charge >= 0.3 is 0 Å². The van der Waals surface area contributed by atoms with E-state index in [0.29, 0.717) is 3.57 Å². The number of halogens is 3. The van der Waals surface area contributed by atoms with Crippen LogP contribution in [0.4, 0.5) is 4.39 Å². The van der Waals surface area contributed by atoms with Gasteiger partial charge in [-0.1, -0.05) is 15.9 Å². The van der Waals surface area contributed by atoms with Gasteiger partial charge in [-0.2, -0.15) is 0 Å². The molecule has 0 bridgehead atoms. The molecule has 2 aromatic rings. The van der Waals surface area contributed by atoms with E-state index in [9.17, 15) is 4.39 Å². The molecule has 0 unspecified atom stereocenters. The minimum Gasteiger partial charge on any atom is -0.206 e. The first-order valence-electron chi connectivity index (χ1n) is 3.63. The summed E-state index contributed by atoms with van der Waals surface area (Å²) in [5.41, 5.74) is 1.23. The Bertz CT molecular complexity index is 452. The molecule has 0 radical (unpaired) electrons. The highest BCUT2D eigenvalue weighted by Gasteiger charge is 2.06. The average Bonchev–Trinajstić information content (AvgIpc) is 2.48. The van der Waals surface area contributed by atoms with Crippen LogP contribution < -0.4 is 0 Å². The van der Waals surface area contributed by atoms with Crippen LogP contribution in [0.15, 0.2) is 17.5 Å². The fourth-order valence-electron chi connectivity index (χ4n) is 1.18. The van der Waals surface area contributed by atoms with Crippen LogP contribution >= 0.6 is 49.9 Å². The van der Waals surface area contributed by atoms with Crippen LogP contribution in [0.5, 0.6) is 0 Å². The summed E-state index contributed by atoms with van der Waals surface area (Å²) in [5.74, 6) is -0.129. The number of rotatable bonds is 1. The van der Waals surface area contributed by atoms with Crippen molar-refractivity contribution in [2.24, 2.45) is 0 Å². The molecule has 1 heterocycles. The quantitative estimate of drug-likeness (QED) is 0.510. The molecule has 4 heteroatoms. The second-order valence-corrected chi connectivity index (χ2v) is 5.29. The fraction of sp³-hybridized carbons (Fsp3) is 0.111. The minimum atomic E-state index is -0.129. The molecule has 13 heavy (non-hydrogen) atoms. The lowest BCUT2D eigenvalue weighted by atomic mass is 10.2. The summed E-state index contributed by atoms with van der Waals surface area (Å²) in [7, 11) is 0. The number of hydrogen-bond acceptors (Lipinski definition) is 1. The highest BCUT2D eigenvalue weighted by atomic mass is 127. The van der Waals surface area contributed by atoms with Gasteiger partial charge in [-0.25, -0.2) is 4.39 Å². The molecule has 0 aliphatic carbocycles. The van der Waals surface area contributed by atoms with Gasteiger partial charge in [0.25, 0.3) is 0 Å². The van der Waals surface area contributed by atoms with Crippen molar-refractivity contribution in [3.05, 3.63) is 32.5 Å². The van der Waals surface area contributed by atoms with Gasteiger partial charge in [0.05, 0.1) is 0 Å². The maximum Gasteiger partial charge on any atom is 0.137 e. The van der Waals surface area contributed by atoms with Crippen molar-refractivity contribution in [3.63, 3.8) is 0 Å². The minimum absolute atomic E-state index is 0.129. The number of benzene rings is 1. The van der Waals surface area contributed by atoms with E-state index in [1.807, 2.05) is 28.7 Å². The van der Waals surface area contributed by atoms with Crippen LogP contribution in [-0.2, 0) is 5.33 Å². The molecule has 68 valence electrons. The molecule has 0 atom stereocenters. The fourth-order valence-corrected chi connectivity index (χ4v) is 3.29. The Kier molecular flexibility index (Phi) is 2.90. The standard InChI is InChI=1S/C9H5BrFIS/c10-3-5-4-13-9-2-7(11)8(12)1-6(5)9/h1-2,4H,3H2. The molecule has 0 aliphatic rings. The maximum absolute atomic E-state index is 13.1. The van der Waals surface area contributed by atoms with Crippen LogP contribution in [0, 0.1) is 9.39 Å². The SMILES string of the molecule is Fc1cc2scc(CBr)c2cc1I. The lowest BCUT2D eigenvalue weighted by molar-refractivity contribution is 0.622. The van der Waals surface area contributed by atoms with E-state index in [2.05, 4.69) is 21.3 Å². The van der Waals surface area contributed by atoms with Crippen molar-refractivity contribution >= 4 is 59.9 Å². The summed E-state index contributed by atoms with van der Waals surface area (Å²) < 4.78 is 14.9. The number of alkyl halides is 1. The van der Waals surface area contributed by atoms with Crippen LogP contribution in [0.1, 0.15) is 5.56 Å². The molecule has 0 amide bonds. The third-order valence-corrected chi connectivity index (χ3v) is 4.27. The molecule has 0 nitrogen and oxygen atoms in total. The van der Waals surface area contributed by atoms with Gasteiger partial charge in [0.15, 0.2) is 0 Å². The normalized spacial score (nSPS) is 11.0. The summed E-state index contributed by atoms with van der Waals surface area (Å²) in [5, 5.41) is 4.05. The molecule has 0 aliphatic heterocycles. The summed E-state index contributed by atoms with van der Waals surface area (Å²) >= 11 is 7.02. The predicted molar refractivity (Wildman–Crippen MR) is 67.1 cm³/mol. The molecule has 2 rings (SSSR count). The van der Waals surface area contributed by atoms with Crippen LogP contribution in [0.3, 0.4) is 0 Å².